The van der Waals surface area contributed by atoms with E-state index in [1.54, 1.807) is 12.3 Å². The number of amides is 2. The molecule has 0 saturated heterocycles. The van der Waals surface area contributed by atoms with Crippen LogP contribution in [0.2, 0.25) is 0 Å². The number of nitrogens with two attached hydrogens (primary N) is 2. The number of aromatic nitrogens is 1. The normalized spacial score (nSPS) is 11.9. The van der Waals surface area contributed by atoms with Gasteiger partial charge in [-0.2, -0.15) is 0 Å². The van der Waals surface area contributed by atoms with Crippen molar-refractivity contribution in [3.63, 3.8) is 0 Å². The molecule has 26 heavy (non-hydrogen) atoms. The summed E-state index contributed by atoms with van der Waals surface area (Å²) in [7, 11) is 0. The summed E-state index contributed by atoms with van der Waals surface area (Å²) in [4.78, 5) is 28.4. The van der Waals surface area contributed by atoms with Crippen molar-refractivity contribution in [1.82, 2.24) is 4.98 Å². The van der Waals surface area contributed by atoms with Crippen molar-refractivity contribution in [3.05, 3.63) is 65.7 Å². The summed E-state index contributed by atoms with van der Waals surface area (Å²) in [5.41, 5.74) is 11.2. The number of nitrogens with one attached hydrogen (secondary N) is 1. The van der Waals surface area contributed by atoms with E-state index in [9.17, 15) is 14.0 Å². The van der Waals surface area contributed by atoms with E-state index in [0.717, 1.165) is 5.39 Å². The second kappa shape index (κ2) is 6.79. The van der Waals surface area contributed by atoms with Crippen LogP contribution in [0, 0.1) is 5.82 Å². The first-order valence-corrected chi connectivity index (χ1v) is 7.91. The third-order valence-electron chi connectivity index (χ3n) is 4.23. The van der Waals surface area contributed by atoms with E-state index in [0.29, 0.717) is 10.9 Å². The summed E-state index contributed by atoms with van der Waals surface area (Å²) >= 11 is 0. The second-order valence-corrected chi connectivity index (χ2v) is 5.92. The molecule has 1 aromatic heterocycles. The number of carbonyl (C=O) groups excluding carboxylic acids is 2. The molecule has 0 spiro atoms. The summed E-state index contributed by atoms with van der Waals surface area (Å²) in [5.74, 6) is -2.93. The third kappa shape index (κ3) is 3.06. The standard InChI is InChI=1S/C19H17FN4O2/c1-10(18(22)25)16-15(7-6-14(21)17(16)20)24-19(26)13-9-23-8-11-4-2-3-5-12(11)13/h2-10H,21H2,1H3,(H2,22,25)(H,24,26)/t10-/m1/s1. The molecule has 0 aliphatic carbocycles. The molecule has 0 aliphatic rings. The lowest BCUT2D eigenvalue weighted by atomic mass is 9.96. The lowest BCUT2D eigenvalue weighted by Gasteiger charge is -2.17. The van der Waals surface area contributed by atoms with E-state index in [1.165, 1.54) is 25.3 Å². The van der Waals surface area contributed by atoms with Gasteiger partial charge in [-0.25, -0.2) is 4.39 Å². The van der Waals surface area contributed by atoms with Gasteiger partial charge in [0.2, 0.25) is 5.91 Å². The van der Waals surface area contributed by atoms with E-state index in [1.807, 2.05) is 18.2 Å². The second-order valence-electron chi connectivity index (χ2n) is 5.92. The highest BCUT2D eigenvalue weighted by molar-refractivity contribution is 6.13. The predicted molar refractivity (Wildman–Crippen MR) is 98.1 cm³/mol. The number of pyridine rings is 1. The molecule has 1 heterocycles. The fourth-order valence-corrected chi connectivity index (χ4v) is 2.77. The third-order valence-corrected chi connectivity index (χ3v) is 4.23. The van der Waals surface area contributed by atoms with E-state index >= 15 is 0 Å². The van der Waals surface area contributed by atoms with E-state index in [4.69, 9.17) is 11.5 Å². The summed E-state index contributed by atoms with van der Waals surface area (Å²) in [5, 5.41) is 4.15. The predicted octanol–water partition coefficient (Wildman–Crippen LogP) is 2.80. The van der Waals surface area contributed by atoms with Crippen LogP contribution in [0.3, 0.4) is 0 Å². The number of anilines is 2. The molecule has 0 unspecified atom stereocenters. The molecule has 7 heteroatoms. The van der Waals surface area contributed by atoms with Crippen molar-refractivity contribution < 1.29 is 14.0 Å². The van der Waals surface area contributed by atoms with E-state index in [-0.39, 0.29) is 16.9 Å². The molecule has 0 fully saturated rings. The van der Waals surface area contributed by atoms with Crippen molar-refractivity contribution in [2.75, 3.05) is 11.1 Å². The molecule has 0 bridgehead atoms. The number of benzene rings is 2. The number of nitrogens with zero attached hydrogens (tertiary/aromatic N) is 1. The maximum absolute atomic E-state index is 14.5. The van der Waals surface area contributed by atoms with Gasteiger partial charge in [0.05, 0.1) is 17.2 Å². The smallest absolute Gasteiger partial charge is 0.257 e. The van der Waals surface area contributed by atoms with E-state index in [2.05, 4.69) is 10.3 Å². The zero-order chi connectivity index (χ0) is 18.8. The number of fused-ring (bicyclic) bond motifs is 1. The van der Waals surface area contributed by atoms with Gasteiger partial charge in [0, 0.05) is 29.0 Å². The van der Waals surface area contributed by atoms with Crippen LogP contribution in [-0.2, 0) is 4.79 Å². The van der Waals surface area contributed by atoms with Crippen molar-refractivity contribution in [2.24, 2.45) is 5.73 Å². The summed E-state index contributed by atoms with van der Waals surface area (Å²) in [6.07, 6.45) is 3.08. The minimum atomic E-state index is -0.959. The molecule has 0 saturated carbocycles. The number of rotatable bonds is 4. The Morgan fingerprint density at radius 2 is 1.88 bits per heavy atom. The molecule has 3 aromatic rings. The molecule has 6 nitrogen and oxygen atoms in total. The topological polar surface area (TPSA) is 111 Å². The van der Waals surface area contributed by atoms with E-state index < -0.39 is 23.5 Å². The lowest BCUT2D eigenvalue weighted by Crippen LogP contribution is -2.23. The van der Waals surface area contributed by atoms with Gasteiger partial charge in [-0.1, -0.05) is 24.3 Å². The van der Waals surface area contributed by atoms with Gasteiger partial charge in [-0.05, 0) is 24.4 Å². The lowest BCUT2D eigenvalue weighted by molar-refractivity contribution is -0.119. The first-order chi connectivity index (χ1) is 12.4. The number of hydrogen-bond donors (Lipinski definition) is 3. The van der Waals surface area contributed by atoms with Crippen molar-refractivity contribution in [1.29, 1.82) is 0 Å². The highest BCUT2D eigenvalue weighted by Gasteiger charge is 2.23. The van der Waals surface area contributed by atoms with Crippen LogP contribution in [0.15, 0.2) is 48.8 Å². The summed E-state index contributed by atoms with van der Waals surface area (Å²) in [6.45, 7) is 1.45. The Kier molecular flexibility index (Phi) is 4.53. The maximum atomic E-state index is 14.5. The molecule has 0 radical (unpaired) electrons. The Balaban J connectivity index is 2.05. The molecule has 3 rings (SSSR count). The van der Waals surface area contributed by atoms with Crippen LogP contribution in [0.4, 0.5) is 15.8 Å². The van der Waals surface area contributed by atoms with Gasteiger partial charge in [-0.15, -0.1) is 0 Å². The van der Waals surface area contributed by atoms with Crippen LogP contribution in [0.5, 0.6) is 0 Å². The van der Waals surface area contributed by atoms with Gasteiger partial charge >= 0.3 is 0 Å². The molecular weight excluding hydrogens is 335 g/mol. The Bertz CT molecular complexity index is 1010. The Labute approximate surface area is 149 Å². The fraction of sp³-hybridized carbons (Fsp3) is 0.105. The van der Waals surface area contributed by atoms with Crippen LogP contribution in [-0.4, -0.2) is 16.8 Å². The number of halogens is 1. The molecule has 2 amide bonds. The van der Waals surface area contributed by atoms with Crippen LogP contribution >= 0.6 is 0 Å². The van der Waals surface area contributed by atoms with Crippen LogP contribution in [0.1, 0.15) is 28.8 Å². The number of carbonyl (C=O) groups is 2. The largest absolute Gasteiger partial charge is 0.396 e. The summed E-state index contributed by atoms with van der Waals surface area (Å²) < 4.78 is 14.5. The Hall–Kier alpha value is -3.48. The fourth-order valence-electron chi connectivity index (χ4n) is 2.77. The first-order valence-electron chi connectivity index (χ1n) is 7.91. The Morgan fingerprint density at radius 3 is 2.62 bits per heavy atom. The zero-order valence-corrected chi connectivity index (χ0v) is 14.0. The molecule has 132 valence electrons. The van der Waals surface area contributed by atoms with Crippen LogP contribution in [0.25, 0.3) is 10.8 Å². The zero-order valence-electron chi connectivity index (χ0n) is 14.0. The molecule has 5 N–H and O–H groups in total. The molecular formula is C19H17FN4O2. The number of nitrogen functional groups attached to an aromatic ring is 1. The van der Waals surface area contributed by atoms with Crippen molar-refractivity contribution in [3.8, 4) is 0 Å². The SMILES string of the molecule is C[C@@H](C(N)=O)c1c(NC(=O)c2cncc3ccccc23)ccc(N)c1F. The number of hydrogen-bond acceptors (Lipinski definition) is 4. The van der Waals surface area contributed by atoms with Crippen molar-refractivity contribution >= 4 is 34.0 Å². The summed E-state index contributed by atoms with van der Waals surface area (Å²) in [6, 6.07) is 10.1. The van der Waals surface area contributed by atoms with Gasteiger partial charge in [0.15, 0.2) is 5.82 Å². The Morgan fingerprint density at radius 1 is 1.15 bits per heavy atom. The molecule has 0 aliphatic heterocycles. The molecule has 1 atom stereocenters. The maximum Gasteiger partial charge on any atom is 0.257 e. The molecule has 2 aromatic carbocycles. The minimum absolute atomic E-state index is 0.0426. The van der Waals surface area contributed by atoms with Gasteiger partial charge in [0.1, 0.15) is 0 Å². The van der Waals surface area contributed by atoms with Gasteiger partial charge in [0.25, 0.3) is 5.91 Å². The highest BCUT2D eigenvalue weighted by atomic mass is 19.1. The first kappa shape index (κ1) is 17.3. The quantitative estimate of drug-likeness (QED) is 0.627. The van der Waals surface area contributed by atoms with Gasteiger partial charge < -0.3 is 16.8 Å². The average Bonchev–Trinajstić information content (AvgIpc) is 2.64. The highest BCUT2D eigenvalue weighted by Crippen LogP contribution is 2.31. The van der Waals surface area contributed by atoms with Gasteiger partial charge in [-0.3, -0.25) is 14.6 Å². The average molecular weight is 352 g/mol. The monoisotopic (exact) mass is 352 g/mol. The van der Waals surface area contributed by atoms with Crippen molar-refractivity contribution in [2.45, 2.75) is 12.8 Å². The number of primary amides is 1. The minimum Gasteiger partial charge on any atom is -0.396 e. The van der Waals surface area contributed by atoms with Crippen LogP contribution < -0.4 is 16.8 Å².